The summed E-state index contributed by atoms with van der Waals surface area (Å²) in [5.74, 6) is -1.06. The van der Waals surface area contributed by atoms with Crippen LogP contribution in [0.4, 0.5) is 0 Å². The van der Waals surface area contributed by atoms with Crippen LogP contribution in [0.2, 0.25) is 0 Å². The lowest BCUT2D eigenvalue weighted by molar-refractivity contribution is 0.0124. The molecule has 0 aliphatic rings. The SMILES string of the molecule is CCO[P+](=O)[C@@H](O)[C@@H](N(Cc1ccccc1)Cc1ccccc1)C(C)(C)C. The summed E-state index contributed by atoms with van der Waals surface area (Å²) in [6.07, 6.45) is 0. The van der Waals surface area contributed by atoms with E-state index < -0.39 is 13.9 Å². The van der Waals surface area contributed by atoms with E-state index in [9.17, 15) is 9.67 Å². The first-order valence-corrected chi connectivity index (χ1v) is 10.7. The Kier molecular flexibility index (Phi) is 8.12. The summed E-state index contributed by atoms with van der Waals surface area (Å²) in [6, 6.07) is 20.0. The number of aliphatic hydroxyl groups is 1. The summed E-state index contributed by atoms with van der Waals surface area (Å²) < 4.78 is 17.8. The molecule has 2 rings (SSSR count). The maximum Gasteiger partial charge on any atom is 0.542 e. The van der Waals surface area contributed by atoms with Crippen LogP contribution in [0.1, 0.15) is 38.8 Å². The fraction of sp³-hybridized carbons (Fsp3) is 0.455. The van der Waals surface area contributed by atoms with Gasteiger partial charge in [-0.05, 0) is 28.0 Å². The van der Waals surface area contributed by atoms with Gasteiger partial charge in [0.2, 0.25) is 0 Å². The summed E-state index contributed by atoms with van der Waals surface area (Å²) in [7, 11) is -2.16. The molecule has 0 saturated carbocycles. The van der Waals surface area contributed by atoms with Crippen LogP contribution in [0.15, 0.2) is 60.7 Å². The van der Waals surface area contributed by atoms with E-state index in [0.717, 1.165) is 11.1 Å². The van der Waals surface area contributed by atoms with Crippen LogP contribution in [0.3, 0.4) is 0 Å². The molecule has 0 saturated heterocycles. The predicted octanol–water partition coefficient (Wildman–Crippen LogP) is 5.20. The van der Waals surface area contributed by atoms with E-state index in [1.54, 1.807) is 6.92 Å². The molecule has 3 atom stereocenters. The van der Waals surface area contributed by atoms with Crippen molar-refractivity contribution in [2.75, 3.05) is 6.61 Å². The van der Waals surface area contributed by atoms with Gasteiger partial charge in [-0.1, -0.05) is 81.4 Å². The van der Waals surface area contributed by atoms with Gasteiger partial charge in [0.1, 0.15) is 0 Å². The molecule has 0 fully saturated rings. The van der Waals surface area contributed by atoms with Gasteiger partial charge in [-0.15, -0.1) is 4.52 Å². The number of hydrogen-bond acceptors (Lipinski definition) is 4. The first kappa shape index (κ1) is 21.7. The summed E-state index contributed by atoms with van der Waals surface area (Å²) in [5, 5.41) is 10.9. The third-order valence-corrected chi connectivity index (χ3v) is 5.72. The highest BCUT2D eigenvalue weighted by molar-refractivity contribution is 7.39. The van der Waals surface area contributed by atoms with Gasteiger partial charge in [0, 0.05) is 13.1 Å². The maximum absolute atomic E-state index is 12.5. The highest BCUT2D eigenvalue weighted by Crippen LogP contribution is 2.40. The standard InChI is InChI=1S/C22H31NO3P/c1-5-26-27(25)21(24)20(22(2,3)4)23(16-18-12-8-6-9-13-18)17-19-14-10-7-11-15-19/h6-15,20-21,24H,5,16-17H2,1-4H3/q+1/t20-,21-/m1/s1. The maximum atomic E-state index is 12.5. The highest BCUT2D eigenvalue weighted by Gasteiger charge is 2.47. The lowest BCUT2D eigenvalue weighted by atomic mass is 9.85. The molecule has 0 aromatic heterocycles. The summed E-state index contributed by atoms with van der Waals surface area (Å²) in [6.45, 7) is 9.63. The molecule has 0 heterocycles. The first-order chi connectivity index (χ1) is 12.8. The van der Waals surface area contributed by atoms with E-state index in [1.165, 1.54) is 0 Å². The molecule has 146 valence electrons. The van der Waals surface area contributed by atoms with E-state index in [4.69, 9.17) is 4.52 Å². The van der Waals surface area contributed by atoms with Crippen LogP contribution in [0.5, 0.6) is 0 Å². The molecule has 0 spiro atoms. The van der Waals surface area contributed by atoms with Crippen molar-refractivity contribution in [1.29, 1.82) is 0 Å². The molecule has 1 unspecified atom stereocenters. The Labute approximate surface area is 164 Å². The second-order valence-electron chi connectivity index (χ2n) is 7.80. The van der Waals surface area contributed by atoms with E-state index in [2.05, 4.69) is 49.9 Å². The fourth-order valence-electron chi connectivity index (χ4n) is 3.39. The molecule has 2 aromatic carbocycles. The van der Waals surface area contributed by atoms with Crippen molar-refractivity contribution in [1.82, 2.24) is 4.90 Å². The van der Waals surface area contributed by atoms with Crippen molar-refractivity contribution < 1.29 is 14.2 Å². The number of rotatable bonds is 9. The summed E-state index contributed by atoms with van der Waals surface area (Å²) >= 11 is 0. The van der Waals surface area contributed by atoms with Crippen LogP contribution >= 0.6 is 8.03 Å². The zero-order chi connectivity index (χ0) is 19.9. The number of hydrogen-bond donors (Lipinski definition) is 1. The average Bonchev–Trinajstić information content (AvgIpc) is 2.62. The monoisotopic (exact) mass is 388 g/mol. The van der Waals surface area contributed by atoms with Gasteiger partial charge in [-0.25, -0.2) is 0 Å². The Bertz CT molecular complexity index is 659. The lowest BCUT2D eigenvalue weighted by Crippen LogP contribution is -2.49. The minimum atomic E-state index is -2.16. The van der Waals surface area contributed by atoms with Crippen molar-refractivity contribution >= 4 is 8.03 Å². The van der Waals surface area contributed by atoms with E-state index in [-0.39, 0.29) is 11.5 Å². The van der Waals surface area contributed by atoms with Gasteiger partial charge in [-0.2, -0.15) is 0 Å². The molecular weight excluding hydrogens is 357 g/mol. The zero-order valence-electron chi connectivity index (χ0n) is 16.7. The quantitative estimate of drug-likeness (QED) is 0.600. The largest absolute Gasteiger partial charge is 0.542 e. The number of aliphatic hydroxyl groups excluding tert-OH is 1. The molecule has 2 aromatic rings. The number of benzene rings is 2. The molecule has 0 radical (unpaired) electrons. The zero-order valence-corrected chi connectivity index (χ0v) is 17.6. The van der Waals surface area contributed by atoms with Crippen molar-refractivity contribution in [2.45, 2.75) is 52.7 Å². The third kappa shape index (κ3) is 6.51. The molecule has 1 N–H and O–H groups in total. The molecule has 0 aliphatic heterocycles. The normalized spacial score (nSPS) is 14.8. The van der Waals surface area contributed by atoms with E-state index >= 15 is 0 Å². The lowest BCUT2D eigenvalue weighted by Gasteiger charge is -2.39. The second-order valence-corrected chi connectivity index (χ2v) is 9.16. The highest BCUT2D eigenvalue weighted by atomic mass is 31.1. The van der Waals surface area contributed by atoms with Gasteiger partial charge in [0.15, 0.2) is 0 Å². The first-order valence-electron chi connectivity index (χ1n) is 9.42. The van der Waals surface area contributed by atoms with Crippen molar-refractivity contribution in [3.05, 3.63) is 71.8 Å². The Morgan fingerprint density at radius 2 is 1.41 bits per heavy atom. The molecule has 0 aliphatic carbocycles. The Morgan fingerprint density at radius 1 is 0.963 bits per heavy atom. The van der Waals surface area contributed by atoms with Crippen LogP contribution in [0.25, 0.3) is 0 Å². The third-order valence-electron chi connectivity index (χ3n) is 4.49. The fourth-order valence-corrected chi connectivity index (χ4v) is 4.66. The Balaban J connectivity index is 2.37. The predicted molar refractivity (Wildman–Crippen MR) is 111 cm³/mol. The topological polar surface area (TPSA) is 49.8 Å². The molecule has 0 amide bonds. The Hall–Kier alpha value is -1.58. The summed E-state index contributed by atoms with van der Waals surface area (Å²) in [4.78, 5) is 2.21. The van der Waals surface area contributed by atoms with Crippen LogP contribution in [-0.2, 0) is 22.2 Å². The summed E-state index contributed by atoms with van der Waals surface area (Å²) in [5.41, 5.74) is 2.02. The molecule has 4 nitrogen and oxygen atoms in total. The van der Waals surface area contributed by atoms with Gasteiger partial charge < -0.3 is 5.11 Å². The minimum Gasteiger partial charge on any atom is -0.347 e. The molecule has 27 heavy (non-hydrogen) atoms. The Morgan fingerprint density at radius 3 is 1.78 bits per heavy atom. The van der Waals surface area contributed by atoms with Crippen LogP contribution < -0.4 is 0 Å². The van der Waals surface area contributed by atoms with Crippen molar-refractivity contribution in [2.24, 2.45) is 5.41 Å². The van der Waals surface area contributed by atoms with Gasteiger partial charge in [0.25, 0.3) is 0 Å². The molecule has 5 heteroatoms. The van der Waals surface area contributed by atoms with Crippen molar-refractivity contribution in [3.8, 4) is 0 Å². The van der Waals surface area contributed by atoms with E-state index in [0.29, 0.717) is 19.7 Å². The molecular formula is C22H31NO3P+. The molecule has 0 bridgehead atoms. The van der Waals surface area contributed by atoms with Gasteiger partial charge in [0.05, 0.1) is 12.6 Å². The van der Waals surface area contributed by atoms with E-state index in [1.807, 2.05) is 36.4 Å². The van der Waals surface area contributed by atoms with Crippen LogP contribution in [0, 0.1) is 5.41 Å². The minimum absolute atomic E-state index is 0.287. The van der Waals surface area contributed by atoms with Crippen LogP contribution in [-0.4, -0.2) is 28.5 Å². The average molecular weight is 388 g/mol. The van der Waals surface area contributed by atoms with Gasteiger partial charge >= 0.3 is 13.9 Å². The van der Waals surface area contributed by atoms with Crippen molar-refractivity contribution in [3.63, 3.8) is 0 Å². The second kappa shape index (κ2) is 10.1. The smallest absolute Gasteiger partial charge is 0.347 e. The van der Waals surface area contributed by atoms with Gasteiger partial charge in [-0.3, -0.25) is 4.90 Å². The number of nitrogens with zero attached hydrogens (tertiary/aromatic N) is 1.